The predicted octanol–water partition coefficient (Wildman–Crippen LogP) is 2.53. The second-order valence-corrected chi connectivity index (χ2v) is 5.74. The highest BCUT2D eigenvalue weighted by molar-refractivity contribution is 5.59. The zero-order valence-electron chi connectivity index (χ0n) is 11.3. The first kappa shape index (κ1) is 12.5. The van der Waals surface area contributed by atoms with Gasteiger partial charge < -0.3 is 10.2 Å². The maximum atomic E-state index is 9.16. The summed E-state index contributed by atoms with van der Waals surface area (Å²) >= 11 is 0. The lowest BCUT2D eigenvalue weighted by molar-refractivity contribution is 0.409. The molecule has 2 aliphatic rings. The summed E-state index contributed by atoms with van der Waals surface area (Å²) in [5.74, 6) is 0.956. The van der Waals surface area contributed by atoms with E-state index < -0.39 is 0 Å². The van der Waals surface area contributed by atoms with Crippen molar-refractivity contribution in [2.45, 2.75) is 31.7 Å². The van der Waals surface area contributed by atoms with E-state index in [9.17, 15) is 0 Å². The van der Waals surface area contributed by atoms with Crippen molar-refractivity contribution in [1.82, 2.24) is 5.32 Å². The lowest BCUT2D eigenvalue weighted by Crippen LogP contribution is -2.43. The van der Waals surface area contributed by atoms with E-state index in [0.29, 0.717) is 6.04 Å². The summed E-state index contributed by atoms with van der Waals surface area (Å²) in [5, 5.41) is 12.9. The van der Waals surface area contributed by atoms with Crippen LogP contribution >= 0.6 is 0 Å². The van der Waals surface area contributed by atoms with E-state index in [1.807, 2.05) is 18.2 Å². The van der Waals surface area contributed by atoms with Crippen molar-refractivity contribution in [2.24, 2.45) is 5.92 Å². The van der Waals surface area contributed by atoms with Gasteiger partial charge in [-0.1, -0.05) is 12.1 Å². The third-order valence-electron chi connectivity index (χ3n) is 4.25. The average molecular weight is 255 g/mol. The maximum absolute atomic E-state index is 9.16. The zero-order chi connectivity index (χ0) is 13.1. The first-order valence-corrected chi connectivity index (χ1v) is 7.34. The Kier molecular flexibility index (Phi) is 3.70. The lowest BCUT2D eigenvalue weighted by atomic mass is 10.0. The molecule has 3 heteroatoms. The molecule has 1 saturated heterocycles. The van der Waals surface area contributed by atoms with E-state index in [1.165, 1.54) is 32.2 Å². The van der Waals surface area contributed by atoms with Gasteiger partial charge in [0.1, 0.15) is 6.07 Å². The molecule has 2 fully saturated rings. The highest BCUT2D eigenvalue weighted by Crippen LogP contribution is 2.28. The van der Waals surface area contributed by atoms with Gasteiger partial charge in [0.2, 0.25) is 0 Å². The van der Waals surface area contributed by atoms with Crippen molar-refractivity contribution < 1.29 is 0 Å². The first-order valence-electron chi connectivity index (χ1n) is 7.34. The standard InChI is InChI=1S/C16H21N3/c17-11-14-3-1-2-4-16(14)19-9-7-15(8-10-19)18-12-13-5-6-13/h1-4,13,15,18H,5-10,12H2. The van der Waals surface area contributed by atoms with Gasteiger partial charge in [0, 0.05) is 19.1 Å². The molecular weight excluding hydrogens is 234 g/mol. The molecule has 1 aliphatic heterocycles. The highest BCUT2D eigenvalue weighted by Gasteiger charge is 2.24. The second kappa shape index (κ2) is 5.63. The molecule has 0 bridgehead atoms. The number of benzene rings is 1. The van der Waals surface area contributed by atoms with Crippen molar-refractivity contribution in [3.8, 4) is 6.07 Å². The first-order chi connectivity index (χ1) is 9.36. The smallest absolute Gasteiger partial charge is 0.101 e. The summed E-state index contributed by atoms with van der Waals surface area (Å²) in [7, 11) is 0. The Hall–Kier alpha value is -1.53. The van der Waals surface area contributed by atoms with Crippen LogP contribution in [0.25, 0.3) is 0 Å². The molecule has 0 unspecified atom stereocenters. The number of nitriles is 1. The maximum Gasteiger partial charge on any atom is 0.101 e. The number of hydrogen-bond acceptors (Lipinski definition) is 3. The Bertz CT molecular complexity index is 465. The molecule has 1 N–H and O–H groups in total. The van der Waals surface area contributed by atoms with Crippen LogP contribution in [0.4, 0.5) is 5.69 Å². The number of rotatable bonds is 4. The Labute approximate surface area is 115 Å². The summed E-state index contributed by atoms with van der Waals surface area (Å²) in [6.45, 7) is 3.32. The lowest BCUT2D eigenvalue weighted by Gasteiger charge is -2.34. The van der Waals surface area contributed by atoms with E-state index in [-0.39, 0.29) is 0 Å². The zero-order valence-corrected chi connectivity index (χ0v) is 11.3. The largest absolute Gasteiger partial charge is 0.370 e. The van der Waals surface area contributed by atoms with Crippen LogP contribution in [-0.4, -0.2) is 25.7 Å². The van der Waals surface area contributed by atoms with Crippen molar-refractivity contribution in [3.05, 3.63) is 29.8 Å². The summed E-state index contributed by atoms with van der Waals surface area (Å²) in [5.41, 5.74) is 1.90. The van der Waals surface area contributed by atoms with E-state index in [4.69, 9.17) is 5.26 Å². The molecule has 1 aromatic carbocycles. The molecule has 3 nitrogen and oxygen atoms in total. The van der Waals surface area contributed by atoms with Crippen molar-refractivity contribution in [2.75, 3.05) is 24.5 Å². The Morgan fingerprint density at radius 2 is 1.89 bits per heavy atom. The second-order valence-electron chi connectivity index (χ2n) is 5.74. The molecule has 0 amide bonds. The van der Waals surface area contributed by atoms with Gasteiger partial charge in [0.05, 0.1) is 11.3 Å². The van der Waals surface area contributed by atoms with Gasteiger partial charge in [-0.3, -0.25) is 0 Å². The third-order valence-corrected chi connectivity index (χ3v) is 4.25. The van der Waals surface area contributed by atoms with Crippen LogP contribution in [0, 0.1) is 17.2 Å². The molecule has 0 atom stereocenters. The van der Waals surface area contributed by atoms with Gasteiger partial charge in [-0.15, -0.1) is 0 Å². The number of para-hydroxylation sites is 1. The molecule has 1 heterocycles. The Balaban J connectivity index is 1.55. The van der Waals surface area contributed by atoms with Gasteiger partial charge in [0.15, 0.2) is 0 Å². The molecule has 1 saturated carbocycles. The molecule has 0 aromatic heterocycles. The van der Waals surface area contributed by atoms with Crippen LogP contribution in [-0.2, 0) is 0 Å². The minimum Gasteiger partial charge on any atom is -0.370 e. The van der Waals surface area contributed by atoms with E-state index in [0.717, 1.165) is 30.3 Å². The van der Waals surface area contributed by atoms with Gasteiger partial charge >= 0.3 is 0 Å². The van der Waals surface area contributed by atoms with E-state index in [2.05, 4.69) is 22.4 Å². The third kappa shape index (κ3) is 3.08. The molecule has 0 radical (unpaired) electrons. The summed E-state index contributed by atoms with van der Waals surface area (Å²) in [4.78, 5) is 2.36. The van der Waals surface area contributed by atoms with Crippen molar-refractivity contribution in [3.63, 3.8) is 0 Å². The van der Waals surface area contributed by atoms with Crippen molar-refractivity contribution >= 4 is 5.69 Å². The minimum atomic E-state index is 0.672. The van der Waals surface area contributed by atoms with Crippen LogP contribution in [0.1, 0.15) is 31.2 Å². The summed E-state index contributed by atoms with van der Waals surface area (Å²) in [6, 6.07) is 10.9. The quantitative estimate of drug-likeness (QED) is 0.898. The van der Waals surface area contributed by atoms with Gasteiger partial charge in [-0.05, 0) is 50.3 Å². The van der Waals surface area contributed by atoms with Crippen LogP contribution in [0.5, 0.6) is 0 Å². The average Bonchev–Trinajstić information content (AvgIpc) is 3.30. The normalized spacial score (nSPS) is 20.3. The van der Waals surface area contributed by atoms with Crippen LogP contribution in [0.3, 0.4) is 0 Å². The topological polar surface area (TPSA) is 39.1 Å². The molecule has 1 aromatic rings. The molecule has 3 rings (SSSR count). The van der Waals surface area contributed by atoms with Crippen LogP contribution in [0.15, 0.2) is 24.3 Å². The highest BCUT2D eigenvalue weighted by atomic mass is 15.1. The van der Waals surface area contributed by atoms with E-state index in [1.54, 1.807) is 0 Å². The van der Waals surface area contributed by atoms with Crippen LogP contribution in [0.2, 0.25) is 0 Å². The van der Waals surface area contributed by atoms with Crippen molar-refractivity contribution in [1.29, 1.82) is 5.26 Å². The van der Waals surface area contributed by atoms with Crippen LogP contribution < -0.4 is 10.2 Å². The number of nitrogens with one attached hydrogen (secondary N) is 1. The minimum absolute atomic E-state index is 0.672. The number of anilines is 1. The Morgan fingerprint density at radius 1 is 1.16 bits per heavy atom. The summed E-state index contributed by atoms with van der Waals surface area (Å²) < 4.78 is 0. The van der Waals surface area contributed by atoms with Gasteiger partial charge in [-0.2, -0.15) is 5.26 Å². The fourth-order valence-corrected chi connectivity index (χ4v) is 2.82. The van der Waals surface area contributed by atoms with Gasteiger partial charge in [-0.25, -0.2) is 0 Å². The fraction of sp³-hybridized carbons (Fsp3) is 0.562. The monoisotopic (exact) mass is 255 g/mol. The van der Waals surface area contributed by atoms with E-state index >= 15 is 0 Å². The number of hydrogen-bond donors (Lipinski definition) is 1. The number of nitrogens with zero attached hydrogens (tertiary/aromatic N) is 2. The predicted molar refractivity (Wildman–Crippen MR) is 77.1 cm³/mol. The molecule has 100 valence electrons. The molecule has 0 spiro atoms. The Morgan fingerprint density at radius 3 is 2.58 bits per heavy atom. The fourth-order valence-electron chi connectivity index (χ4n) is 2.82. The number of piperidine rings is 1. The summed E-state index contributed by atoms with van der Waals surface area (Å²) in [6.07, 6.45) is 5.21. The van der Waals surface area contributed by atoms with Gasteiger partial charge in [0.25, 0.3) is 0 Å². The molecule has 19 heavy (non-hydrogen) atoms. The molecule has 1 aliphatic carbocycles. The molecular formula is C16H21N3. The SMILES string of the molecule is N#Cc1ccccc1N1CCC(NCC2CC2)CC1.